The summed E-state index contributed by atoms with van der Waals surface area (Å²) >= 11 is 0. The molecule has 23 heavy (non-hydrogen) atoms. The molecule has 126 valence electrons. The van der Waals surface area contributed by atoms with Crippen molar-refractivity contribution in [3.05, 3.63) is 35.7 Å². The summed E-state index contributed by atoms with van der Waals surface area (Å²) in [7, 11) is -0.801. The summed E-state index contributed by atoms with van der Waals surface area (Å²) in [6.45, 7) is 1.98. The second-order valence-electron chi connectivity index (χ2n) is 5.39. The topological polar surface area (TPSA) is 76.3 Å². The first-order chi connectivity index (χ1) is 10.5. The molecule has 2 rings (SSSR count). The van der Waals surface area contributed by atoms with E-state index < -0.39 is 31.5 Å². The van der Waals surface area contributed by atoms with Crippen LogP contribution in [0.1, 0.15) is 30.6 Å². The molecule has 6 nitrogen and oxygen atoms in total. The fourth-order valence-corrected chi connectivity index (χ4v) is 3.54. The van der Waals surface area contributed by atoms with Crippen LogP contribution in [0.5, 0.6) is 0 Å². The molecule has 2 aromatic rings. The Morgan fingerprint density at radius 1 is 1.22 bits per heavy atom. The predicted molar refractivity (Wildman–Crippen MR) is 80.2 cm³/mol. The van der Waals surface area contributed by atoms with Crippen LogP contribution in [0.15, 0.2) is 33.6 Å². The smallest absolute Gasteiger partial charge is 0.317 e. The Labute approximate surface area is 133 Å². The number of sulfone groups is 1. The first kappa shape index (κ1) is 17.3. The molecule has 1 unspecified atom stereocenters. The van der Waals surface area contributed by atoms with Crippen molar-refractivity contribution in [2.24, 2.45) is 0 Å². The number of aromatic nitrogens is 2. The van der Waals surface area contributed by atoms with E-state index in [0.29, 0.717) is 6.92 Å². The molecule has 1 aromatic heterocycles. The van der Waals surface area contributed by atoms with Gasteiger partial charge >= 0.3 is 6.01 Å². The van der Waals surface area contributed by atoms with E-state index in [4.69, 9.17) is 4.42 Å². The lowest BCUT2D eigenvalue weighted by Crippen LogP contribution is -2.18. The van der Waals surface area contributed by atoms with Crippen molar-refractivity contribution >= 4 is 15.9 Å². The summed E-state index contributed by atoms with van der Waals surface area (Å²) < 4.78 is 58.1. The van der Waals surface area contributed by atoms with Gasteiger partial charge in [0.05, 0.1) is 4.90 Å². The number of rotatable bonds is 5. The standard InChI is InChI=1S/C14H17F2N3O3S/c1-9(12-17-18-13(22-12)19(3)4)23(20,21)11-8-6-5-7-10(11)14(2,15)16/h5-9H,1-4H3. The largest absolute Gasteiger partial charge is 0.407 e. The third-order valence-electron chi connectivity index (χ3n) is 3.29. The second-order valence-corrected chi connectivity index (χ2v) is 7.63. The van der Waals surface area contributed by atoms with E-state index in [9.17, 15) is 17.2 Å². The van der Waals surface area contributed by atoms with Crippen LogP contribution in [0.2, 0.25) is 0 Å². The highest BCUT2D eigenvalue weighted by molar-refractivity contribution is 7.91. The maximum absolute atomic E-state index is 13.7. The number of benzene rings is 1. The lowest BCUT2D eigenvalue weighted by atomic mass is 10.1. The molecule has 0 spiro atoms. The molecule has 1 atom stereocenters. The predicted octanol–water partition coefficient (Wildman–Crippen LogP) is 2.78. The fraction of sp³-hybridized carbons (Fsp3) is 0.429. The number of hydrogen-bond donors (Lipinski definition) is 0. The highest BCUT2D eigenvalue weighted by Crippen LogP contribution is 2.37. The number of anilines is 1. The molecule has 0 radical (unpaired) electrons. The molecule has 0 amide bonds. The maximum atomic E-state index is 13.7. The summed E-state index contributed by atoms with van der Waals surface area (Å²) in [6, 6.07) is 5.15. The van der Waals surface area contributed by atoms with Crippen molar-refractivity contribution in [1.29, 1.82) is 0 Å². The van der Waals surface area contributed by atoms with E-state index in [-0.39, 0.29) is 11.9 Å². The Bertz CT molecular complexity index is 798. The zero-order chi connectivity index (χ0) is 17.4. The molecule has 9 heteroatoms. The minimum atomic E-state index is -4.11. The van der Waals surface area contributed by atoms with Crippen LogP contribution in [0.25, 0.3) is 0 Å². The van der Waals surface area contributed by atoms with E-state index in [1.54, 1.807) is 14.1 Å². The van der Waals surface area contributed by atoms with Gasteiger partial charge in [0.25, 0.3) is 5.92 Å². The monoisotopic (exact) mass is 345 g/mol. The molecule has 1 aromatic carbocycles. The maximum Gasteiger partial charge on any atom is 0.317 e. The van der Waals surface area contributed by atoms with Crippen molar-refractivity contribution in [3.8, 4) is 0 Å². The van der Waals surface area contributed by atoms with Crippen LogP contribution in [0, 0.1) is 0 Å². The van der Waals surface area contributed by atoms with Gasteiger partial charge < -0.3 is 9.32 Å². The van der Waals surface area contributed by atoms with Gasteiger partial charge in [0, 0.05) is 26.6 Å². The lowest BCUT2D eigenvalue weighted by Gasteiger charge is -2.17. The molecule has 0 N–H and O–H groups in total. The number of hydrogen-bond acceptors (Lipinski definition) is 6. The van der Waals surface area contributed by atoms with Gasteiger partial charge in [0.1, 0.15) is 5.25 Å². The molecule has 1 heterocycles. The van der Waals surface area contributed by atoms with Crippen LogP contribution in [0.3, 0.4) is 0 Å². The van der Waals surface area contributed by atoms with Crippen molar-refractivity contribution in [2.45, 2.75) is 29.9 Å². The molecule has 0 saturated heterocycles. The zero-order valence-corrected chi connectivity index (χ0v) is 13.9. The average molecular weight is 345 g/mol. The van der Waals surface area contributed by atoms with Gasteiger partial charge in [-0.1, -0.05) is 23.3 Å². The molecule has 0 fully saturated rings. The summed E-state index contributed by atoms with van der Waals surface area (Å²) in [4.78, 5) is 1.08. The Hall–Kier alpha value is -2.03. The summed E-state index contributed by atoms with van der Waals surface area (Å²) in [6.07, 6.45) is 0. The summed E-state index contributed by atoms with van der Waals surface area (Å²) in [5, 5.41) is 6.16. The molecule has 0 aliphatic carbocycles. The van der Waals surface area contributed by atoms with E-state index in [0.717, 1.165) is 12.1 Å². The van der Waals surface area contributed by atoms with Gasteiger partial charge in [-0.2, -0.15) is 0 Å². The van der Waals surface area contributed by atoms with E-state index in [2.05, 4.69) is 10.2 Å². The highest BCUT2D eigenvalue weighted by atomic mass is 32.2. The molecule has 0 aliphatic rings. The Kier molecular flexibility index (Phi) is 4.43. The third-order valence-corrected chi connectivity index (χ3v) is 5.39. The van der Waals surface area contributed by atoms with E-state index in [1.165, 1.54) is 24.0 Å². The average Bonchev–Trinajstić information content (AvgIpc) is 2.95. The van der Waals surface area contributed by atoms with Crippen molar-refractivity contribution in [2.75, 3.05) is 19.0 Å². The highest BCUT2D eigenvalue weighted by Gasteiger charge is 2.37. The Morgan fingerprint density at radius 3 is 2.35 bits per heavy atom. The van der Waals surface area contributed by atoms with Crippen LogP contribution in [-0.4, -0.2) is 32.7 Å². The van der Waals surface area contributed by atoms with Crippen LogP contribution in [0.4, 0.5) is 14.8 Å². The van der Waals surface area contributed by atoms with Crippen molar-refractivity contribution < 1.29 is 21.6 Å². The van der Waals surface area contributed by atoms with Gasteiger partial charge in [-0.25, -0.2) is 17.2 Å². The summed E-state index contributed by atoms with van der Waals surface area (Å²) in [5.74, 6) is -3.43. The number of alkyl halides is 2. The summed E-state index contributed by atoms with van der Waals surface area (Å²) in [5.41, 5.74) is -0.556. The van der Waals surface area contributed by atoms with Crippen molar-refractivity contribution in [3.63, 3.8) is 0 Å². The molecular weight excluding hydrogens is 328 g/mol. The van der Waals surface area contributed by atoms with Gasteiger partial charge in [-0.05, 0) is 13.0 Å². The van der Waals surface area contributed by atoms with Gasteiger partial charge in [-0.15, -0.1) is 5.10 Å². The number of nitrogens with zero attached hydrogens (tertiary/aromatic N) is 3. The Balaban J connectivity index is 2.50. The van der Waals surface area contributed by atoms with Gasteiger partial charge in [0.2, 0.25) is 5.89 Å². The number of halogens is 2. The third kappa shape index (κ3) is 3.34. The quantitative estimate of drug-likeness (QED) is 0.829. The lowest BCUT2D eigenvalue weighted by molar-refractivity contribution is 0.0144. The minimum Gasteiger partial charge on any atom is -0.407 e. The Morgan fingerprint density at radius 2 is 1.83 bits per heavy atom. The van der Waals surface area contributed by atoms with Gasteiger partial charge in [-0.3, -0.25) is 0 Å². The first-order valence-electron chi connectivity index (χ1n) is 6.77. The molecular formula is C14H17F2N3O3S. The van der Waals surface area contributed by atoms with Crippen LogP contribution >= 0.6 is 0 Å². The fourth-order valence-electron chi connectivity index (χ4n) is 1.97. The van der Waals surface area contributed by atoms with E-state index in [1.807, 2.05) is 0 Å². The van der Waals surface area contributed by atoms with Crippen LogP contribution in [-0.2, 0) is 15.8 Å². The molecule has 0 bridgehead atoms. The molecule has 0 saturated carbocycles. The SMILES string of the molecule is CC(c1nnc(N(C)C)o1)S(=O)(=O)c1ccccc1C(C)(F)F. The van der Waals surface area contributed by atoms with Gasteiger partial charge in [0.15, 0.2) is 9.84 Å². The van der Waals surface area contributed by atoms with Crippen molar-refractivity contribution in [1.82, 2.24) is 10.2 Å². The van der Waals surface area contributed by atoms with Crippen LogP contribution < -0.4 is 4.90 Å². The van der Waals surface area contributed by atoms with E-state index >= 15 is 0 Å². The normalized spacial score (nSPS) is 13.8. The zero-order valence-electron chi connectivity index (χ0n) is 13.1. The second kappa shape index (κ2) is 5.88. The first-order valence-corrected chi connectivity index (χ1v) is 8.31. The molecule has 0 aliphatic heterocycles. The minimum absolute atomic E-state index is 0.135.